The van der Waals surface area contributed by atoms with Crippen molar-refractivity contribution in [2.75, 3.05) is 18.8 Å². The normalized spacial score (nSPS) is 16.6. The van der Waals surface area contributed by atoms with Crippen molar-refractivity contribution in [1.29, 1.82) is 0 Å². The zero-order chi connectivity index (χ0) is 9.10. The van der Waals surface area contributed by atoms with E-state index in [1.807, 2.05) is 18.2 Å². The fourth-order valence-electron chi connectivity index (χ4n) is 1.60. The van der Waals surface area contributed by atoms with Crippen LogP contribution in [-0.2, 0) is 6.54 Å². The molecule has 0 radical (unpaired) electrons. The van der Waals surface area contributed by atoms with Crippen LogP contribution in [0, 0.1) is 0 Å². The van der Waals surface area contributed by atoms with Crippen LogP contribution in [-0.4, -0.2) is 18.0 Å². The summed E-state index contributed by atoms with van der Waals surface area (Å²) in [5, 5.41) is 0. The topological polar surface area (TPSA) is 29.3 Å². The van der Waals surface area contributed by atoms with Gasteiger partial charge in [-0.25, -0.2) is 0 Å². The first kappa shape index (κ1) is 8.32. The van der Waals surface area contributed by atoms with Gasteiger partial charge in [-0.1, -0.05) is 24.3 Å². The predicted molar refractivity (Wildman–Crippen MR) is 55.3 cm³/mol. The molecule has 2 heteroatoms. The summed E-state index contributed by atoms with van der Waals surface area (Å²) in [4.78, 5) is 2.37. The van der Waals surface area contributed by atoms with Crippen molar-refractivity contribution in [3.8, 4) is 0 Å². The fraction of sp³-hybridized carbons (Fsp3) is 0.273. The molecule has 1 aromatic rings. The van der Waals surface area contributed by atoms with E-state index in [2.05, 4.69) is 23.1 Å². The second kappa shape index (κ2) is 3.62. The lowest BCUT2D eigenvalue weighted by atomic mass is 10.2. The molecule has 0 saturated carbocycles. The van der Waals surface area contributed by atoms with Gasteiger partial charge in [0.25, 0.3) is 0 Å². The molecule has 13 heavy (non-hydrogen) atoms. The van der Waals surface area contributed by atoms with E-state index in [9.17, 15) is 0 Å². The fourth-order valence-corrected chi connectivity index (χ4v) is 1.60. The minimum absolute atomic E-state index is 0.852. The molecule has 1 aromatic carbocycles. The maximum absolute atomic E-state index is 5.70. The first-order valence-corrected chi connectivity index (χ1v) is 4.56. The molecule has 0 aromatic heterocycles. The lowest BCUT2D eigenvalue weighted by Gasteiger charge is -2.14. The summed E-state index contributed by atoms with van der Waals surface area (Å²) in [5.74, 6) is 0. The molecule has 1 heterocycles. The second-order valence-electron chi connectivity index (χ2n) is 3.41. The van der Waals surface area contributed by atoms with Crippen molar-refractivity contribution in [3.05, 3.63) is 42.0 Å². The van der Waals surface area contributed by atoms with Crippen molar-refractivity contribution < 1.29 is 0 Å². The molecule has 0 atom stereocenters. The van der Waals surface area contributed by atoms with Crippen molar-refractivity contribution in [2.45, 2.75) is 6.54 Å². The van der Waals surface area contributed by atoms with E-state index in [0.29, 0.717) is 0 Å². The van der Waals surface area contributed by atoms with Crippen LogP contribution in [0.2, 0.25) is 0 Å². The van der Waals surface area contributed by atoms with Gasteiger partial charge in [-0.3, -0.25) is 4.90 Å². The predicted octanol–water partition coefficient (Wildman–Crippen LogP) is 1.64. The summed E-state index contributed by atoms with van der Waals surface area (Å²) in [6, 6.07) is 8.09. The van der Waals surface area contributed by atoms with E-state index in [4.69, 9.17) is 5.73 Å². The molecule has 0 amide bonds. The minimum atomic E-state index is 0.852. The van der Waals surface area contributed by atoms with Gasteiger partial charge in [-0.15, -0.1) is 0 Å². The van der Waals surface area contributed by atoms with Crippen molar-refractivity contribution >= 4 is 5.69 Å². The largest absolute Gasteiger partial charge is 0.399 e. The van der Waals surface area contributed by atoms with Crippen molar-refractivity contribution in [1.82, 2.24) is 4.90 Å². The van der Waals surface area contributed by atoms with Gasteiger partial charge in [0.1, 0.15) is 0 Å². The van der Waals surface area contributed by atoms with E-state index in [0.717, 1.165) is 25.3 Å². The number of nitrogen functional groups attached to an aromatic ring is 1. The third-order valence-corrected chi connectivity index (χ3v) is 2.25. The Hall–Kier alpha value is -1.28. The number of anilines is 1. The molecule has 2 N–H and O–H groups in total. The highest BCUT2D eigenvalue weighted by atomic mass is 15.1. The number of nitrogens with two attached hydrogens (primary N) is 1. The molecular weight excluding hydrogens is 160 g/mol. The zero-order valence-corrected chi connectivity index (χ0v) is 7.61. The molecule has 68 valence electrons. The smallest absolute Gasteiger partial charge is 0.0317 e. The average Bonchev–Trinajstić information content (AvgIpc) is 2.57. The van der Waals surface area contributed by atoms with E-state index in [-0.39, 0.29) is 0 Å². The number of benzene rings is 1. The highest BCUT2D eigenvalue weighted by molar-refractivity contribution is 5.40. The van der Waals surface area contributed by atoms with Crippen LogP contribution in [0.3, 0.4) is 0 Å². The minimum Gasteiger partial charge on any atom is -0.399 e. The monoisotopic (exact) mass is 174 g/mol. The Kier molecular flexibility index (Phi) is 2.32. The Morgan fingerprint density at radius 1 is 1.23 bits per heavy atom. The number of rotatable bonds is 2. The Balaban J connectivity index is 2.01. The summed E-state index contributed by atoms with van der Waals surface area (Å²) in [6.45, 7) is 3.13. The molecule has 1 aliphatic rings. The maximum Gasteiger partial charge on any atom is 0.0317 e. The second-order valence-corrected chi connectivity index (χ2v) is 3.41. The lowest BCUT2D eigenvalue weighted by Crippen LogP contribution is -2.19. The van der Waals surface area contributed by atoms with Crippen LogP contribution in [0.5, 0.6) is 0 Å². The lowest BCUT2D eigenvalue weighted by molar-refractivity contribution is 0.345. The van der Waals surface area contributed by atoms with Gasteiger partial charge in [0.15, 0.2) is 0 Å². The molecule has 0 unspecified atom stereocenters. The molecule has 0 saturated heterocycles. The standard InChI is InChI=1S/C11H14N2/c12-11-5-3-4-10(8-11)9-13-6-1-2-7-13/h1-5,8H,6-7,9,12H2. The Bertz CT molecular complexity index is 310. The number of nitrogens with zero attached hydrogens (tertiary/aromatic N) is 1. The van der Waals surface area contributed by atoms with E-state index < -0.39 is 0 Å². The Labute approximate surface area is 78.7 Å². The SMILES string of the molecule is Nc1cccc(CN2CC=CC2)c1. The molecule has 0 bridgehead atoms. The molecule has 0 aliphatic carbocycles. The third-order valence-electron chi connectivity index (χ3n) is 2.25. The summed E-state index contributed by atoms with van der Waals surface area (Å²) in [5.41, 5.74) is 7.85. The molecule has 2 rings (SSSR count). The third kappa shape index (κ3) is 2.10. The Morgan fingerprint density at radius 3 is 2.69 bits per heavy atom. The van der Waals surface area contributed by atoms with E-state index >= 15 is 0 Å². The van der Waals surface area contributed by atoms with E-state index in [1.165, 1.54) is 5.56 Å². The van der Waals surface area contributed by atoms with Crippen LogP contribution < -0.4 is 5.73 Å². The van der Waals surface area contributed by atoms with Gasteiger partial charge in [0, 0.05) is 25.3 Å². The molecule has 2 nitrogen and oxygen atoms in total. The van der Waals surface area contributed by atoms with Crippen LogP contribution in [0.15, 0.2) is 36.4 Å². The zero-order valence-electron chi connectivity index (χ0n) is 7.61. The van der Waals surface area contributed by atoms with Gasteiger partial charge in [0.05, 0.1) is 0 Å². The van der Waals surface area contributed by atoms with Gasteiger partial charge >= 0.3 is 0 Å². The van der Waals surface area contributed by atoms with Crippen LogP contribution in [0.4, 0.5) is 5.69 Å². The van der Waals surface area contributed by atoms with Crippen molar-refractivity contribution in [3.63, 3.8) is 0 Å². The summed E-state index contributed by atoms with van der Waals surface area (Å²) >= 11 is 0. The van der Waals surface area contributed by atoms with E-state index in [1.54, 1.807) is 0 Å². The first-order chi connectivity index (χ1) is 6.34. The number of hydrogen-bond acceptors (Lipinski definition) is 2. The summed E-state index contributed by atoms with van der Waals surface area (Å²) in [6.07, 6.45) is 4.40. The molecule has 1 aliphatic heterocycles. The van der Waals surface area contributed by atoms with Gasteiger partial charge in [-0.05, 0) is 17.7 Å². The first-order valence-electron chi connectivity index (χ1n) is 4.56. The molecular formula is C11H14N2. The van der Waals surface area contributed by atoms with Gasteiger partial charge < -0.3 is 5.73 Å². The van der Waals surface area contributed by atoms with Gasteiger partial charge in [0.2, 0.25) is 0 Å². The van der Waals surface area contributed by atoms with Gasteiger partial charge in [-0.2, -0.15) is 0 Å². The van der Waals surface area contributed by atoms with Crippen molar-refractivity contribution in [2.24, 2.45) is 0 Å². The maximum atomic E-state index is 5.70. The molecule has 0 fully saturated rings. The quantitative estimate of drug-likeness (QED) is 0.545. The van der Waals surface area contributed by atoms with Crippen LogP contribution in [0.25, 0.3) is 0 Å². The molecule has 0 spiro atoms. The highest BCUT2D eigenvalue weighted by Crippen LogP contribution is 2.11. The van der Waals surface area contributed by atoms with Crippen LogP contribution >= 0.6 is 0 Å². The number of hydrogen-bond donors (Lipinski definition) is 1. The van der Waals surface area contributed by atoms with Crippen LogP contribution in [0.1, 0.15) is 5.56 Å². The summed E-state index contributed by atoms with van der Waals surface area (Å²) < 4.78 is 0. The summed E-state index contributed by atoms with van der Waals surface area (Å²) in [7, 11) is 0. The Morgan fingerprint density at radius 2 is 2.00 bits per heavy atom. The average molecular weight is 174 g/mol. The highest BCUT2D eigenvalue weighted by Gasteiger charge is 2.06.